The Hall–Kier alpha value is -4.40. The van der Waals surface area contributed by atoms with Gasteiger partial charge in [0.05, 0.1) is 6.61 Å². The van der Waals surface area contributed by atoms with Crippen molar-refractivity contribution >= 4 is 28.7 Å². The van der Waals surface area contributed by atoms with E-state index in [-0.39, 0.29) is 6.61 Å². The number of hydrogen-bond donors (Lipinski definition) is 1. The maximum Gasteiger partial charge on any atom is 0.0681 e. The first-order valence-electron chi connectivity index (χ1n) is 12.2. The second-order valence-electron chi connectivity index (χ2n) is 8.88. The van der Waals surface area contributed by atoms with Gasteiger partial charge in [-0.25, -0.2) is 0 Å². The molecule has 0 saturated carbocycles. The van der Waals surface area contributed by atoms with Crippen LogP contribution in [-0.2, 0) is 6.61 Å². The van der Waals surface area contributed by atoms with Gasteiger partial charge in [0, 0.05) is 17.1 Å². The predicted molar refractivity (Wildman–Crippen MR) is 152 cm³/mol. The maximum atomic E-state index is 9.46. The van der Waals surface area contributed by atoms with E-state index >= 15 is 0 Å². The quantitative estimate of drug-likeness (QED) is 0.242. The smallest absolute Gasteiger partial charge is 0.0681 e. The van der Waals surface area contributed by atoms with E-state index in [0.29, 0.717) is 0 Å². The molecule has 0 aliphatic heterocycles. The van der Waals surface area contributed by atoms with Gasteiger partial charge >= 0.3 is 0 Å². The van der Waals surface area contributed by atoms with Gasteiger partial charge in [0.2, 0.25) is 0 Å². The first kappa shape index (κ1) is 23.3. The lowest BCUT2D eigenvalue weighted by atomic mass is 9.95. The van der Waals surface area contributed by atoms with Gasteiger partial charge in [0.25, 0.3) is 0 Å². The van der Waals surface area contributed by atoms with E-state index in [0.717, 1.165) is 28.2 Å². The van der Waals surface area contributed by atoms with Gasteiger partial charge in [-0.1, -0.05) is 103 Å². The van der Waals surface area contributed by atoms with Crippen LogP contribution in [0.25, 0.3) is 11.6 Å². The van der Waals surface area contributed by atoms with Crippen LogP contribution in [0.15, 0.2) is 133 Å². The predicted octanol–water partition coefficient (Wildman–Crippen LogP) is 8.55. The summed E-state index contributed by atoms with van der Waals surface area (Å²) in [5, 5.41) is 9.46. The fraction of sp³-hybridized carbons (Fsp3) is 0.0588. The van der Waals surface area contributed by atoms with Crippen LogP contribution in [0.5, 0.6) is 0 Å². The van der Waals surface area contributed by atoms with E-state index in [1.54, 1.807) is 0 Å². The summed E-state index contributed by atoms with van der Waals surface area (Å²) < 4.78 is 0. The summed E-state index contributed by atoms with van der Waals surface area (Å²) >= 11 is 0. The minimum atomic E-state index is 0.0391. The van der Waals surface area contributed by atoms with E-state index < -0.39 is 0 Å². The van der Waals surface area contributed by atoms with Gasteiger partial charge in [-0.05, 0) is 77.2 Å². The number of aliphatic hydroxyl groups is 1. The molecule has 5 aromatic carbocycles. The van der Waals surface area contributed by atoms with Crippen LogP contribution in [0.1, 0.15) is 27.8 Å². The summed E-state index contributed by atoms with van der Waals surface area (Å²) in [5.41, 5.74) is 10.1. The van der Waals surface area contributed by atoms with Crippen LogP contribution >= 0.6 is 0 Å². The fourth-order valence-electron chi connectivity index (χ4n) is 4.35. The van der Waals surface area contributed by atoms with E-state index in [1.807, 2.05) is 18.2 Å². The van der Waals surface area contributed by atoms with Gasteiger partial charge in [0.15, 0.2) is 0 Å². The van der Waals surface area contributed by atoms with Crippen molar-refractivity contribution in [1.29, 1.82) is 0 Å². The lowest BCUT2D eigenvalue weighted by Gasteiger charge is -2.25. The number of anilines is 3. The average Bonchev–Trinajstić information content (AvgIpc) is 2.95. The van der Waals surface area contributed by atoms with E-state index in [4.69, 9.17) is 0 Å². The normalized spacial score (nSPS) is 11.3. The Labute approximate surface area is 213 Å². The molecule has 0 aliphatic carbocycles. The van der Waals surface area contributed by atoms with Crippen LogP contribution in [0, 0.1) is 6.92 Å². The van der Waals surface area contributed by atoms with Crippen LogP contribution < -0.4 is 4.90 Å². The van der Waals surface area contributed by atoms with E-state index in [2.05, 4.69) is 133 Å². The first-order valence-corrected chi connectivity index (χ1v) is 12.2. The van der Waals surface area contributed by atoms with Crippen molar-refractivity contribution in [3.8, 4) is 0 Å². The maximum absolute atomic E-state index is 9.46. The largest absolute Gasteiger partial charge is 0.392 e. The number of para-hydroxylation sites is 1. The molecule has 0 radical (unpaired) electrons. The molecule has 0 aromatic heterocycles. The Morgan fingerprint density at radius 2 is 1.08 bits per heavy atom. The molecule has 5 aromatic rings. The highest BCUT2D eigenvalue weighted by atomic mass is 16.3. The third-order valence-electron chi connectivity index (χ3n) is 6.30. The Bertz CT molecular complexity index is 1420. The van der Waals surface area contributed by atoms with Crippen LogP contribution in [0.4, 0.5) is 17.1 Å². The van der Waals surface area contributed by atoms with E-state index in [1.165, 1.54) is 22.3 Å². The van der Waals surface area contributed by atoms with Crippen LogP contribution in [0.3, 0.4) is 0 Å². The van der Waals surface area contributed by atoms with Gasteiger partial charge < -0.3 is 10.0 Å². The Morgan fingerprint density at radius 1 is 0.583 bits per heavy atom. The van der Waals surface area contributed by atoms with E-state index in [9.17, 15) is 5.11 Å². The molecule has 36 heavy (non-hydrogen) atoms. The summed E-state index contributed by atoms with van der Waals surface area (Å²) in [6.45, 7) is 2.15. The van der Waals surface area contributed by atoms with Gasteiger partial charge in [-0.2, -0.15) is 0 Å². The van der Waals surface area contributed by atoms with Crippen molar-refractivity contribution in [3.05, 3.63) is 161 Å². The molecular formula is C34H29NO. The Balaban J connectivity index is 1.54. The molecule has 2 nitrogen and oxygen atoms in total. The third-order valence-corrected chi connectivity index (χ3v) is 6.30. The van der Waals surface area contributed by atoms with Crippen molar-refractivity contribution in [2.24, 2.45) is 0 Å². The summed E-state index contributed by atoms with van der Waals surface area (Å²) in [7, 11) is 0. The minimum Gasteiger partial charge on any atom is -0.392 e. The lowest BCUT2D eigenvalue weighted by molar-refractivity contribution is 0.282. The highest BCUT2D eigenvalue weighted by molar-refractivity contribution is 5.91. The molecule has 1 N–H and O–H groups in total. The molecule has 0 aliphatic rings. The summed E-state index contributed by atoms with van der Waals surface area (Å²) in [5.74, 6) is 0. The summed E-state index contributed by atoms with van der Waals surface area (Å²) in [6, 6.07) is 46.3. The number of rotatable bonds is 7. The van der Waals surface area contributed by atoms with Crippen LogP contribution in [-0.4, -0.2) is 5.11 Å². The molecule has 0 saturated heterocycles. The zero-order valence-electron chi connectivity index (χ0n) is 20.4. The fourth-order valence-corrected chi connectivity index (χ4v) is 4.35. The van der Waals surface area contributed by atoms with Gasteiger partial charge in [0.1, 0.15) is 0 Å². The van der Waals surface area contributed by atoms with Crippen molar-refractivity contribution in [3.63, 3.8) is 0 Å². The van der Waals surface area contributed by atoms with Crippen molar-refractivity contribution in [1.82, 2.24) is 0 Å². The second-order valence-corrected chi connectivity index (χ2v) is 8.88. The topological polar surface area (TPSA) is 23.5 Å². The summed E-state index contributed by atoms with van der Waals surface area (Å²) in [4.78, 5) is 2.23. The molecule has 0 atom stereocenters. The highest BCUT2D eigenvalue weighted by Gasteiger charge is 2.12. The number of aryl methyl sites for hydroxylation is 1. The zero-order valence-corrected chi connectivity index (χ0v) is 20.4. The minimum absolute atomic E-state index is 0.0391. The van der Waals surface area contributed by atoms with Gasteiger partial charge in [-0.15, -0.1) is 0 Å². The Morgan fingerprint density at radius 3 is 1.67 bits per heavy atom. The molecule has 0 fully saturated rings. The van der Waals surface area contributed by atoms with Crippen molar-refractivity contribution in [2.75, 3.05) is 4.90 Å². The number of nitrogens with zero attached hydrogens (tertiary/aromatic N) is 1. The molecule has 0 unspecified atom stereocenters. The second kappa shape index (κ2) is 10.9. The highest BCUT2D eigenvalue weighted by Crippen LogP contribution is 2.35. The number of hydrogen-bond acceptors (Lipinski definition) is 2. The molecule has 0 amide bonds. The third kappa shape index (κ3) is 5.30. The molecule has 0 heterocycles. The number of benzene rings is 5. The number of aliphatic hydroxyl groups excluding tert-OH is 1. The molecule has 176 valence electrons. The summed E-state index contributed by atoms with van der Waals surface area (Å²) in [6.07, 6.45) is 2.26. The molecule has 0 bridgehead atoms. The van der Waals surface area contributed by atoms with Crippen molar-refractivity contribution < 1.29 is 5.11 Å². The first-order chi connectivity index (χ1) is 17.7. The molecule has 2 heteroatoms. The standard InChI is InChI=1S/C34H29NO/c1-26-12-18-30(19-13-26)34(29-8-4-2-5-9-29)24-27-14-20-32(21-15-27)35(31-10-6-3-7-11-31)33-22-16-28(25-36)17-23-33/h2-24,36H,25H2,1H3. The average molecular weight is 468 g/mol. The lowest BCUT2D eigenvalue weighted by Crippen LogP contribution is -2.09. The molecular weight excluding hydrogens is 438 g/mol. The Kier molecular flexibility index (Phi) is 7.07. The molecule has 5 rings (SSSR count). The monoisotopic (exact) mass is 467 g/mol. The van der Waals surface area contributed by atoms with Crippen LogP contribution in [0.2, 0.25) is 0 Å². The van der Waals surface area contributed by atoms with Gasteiger partial charge in [-0.3, -0.25) is 0 Å². The zero-order chi connectivity index (χ0) is 24.7. The molecule has 0 spiro atoms. The van der Waals surface area contributed by atoms with Crippen molar-refractivity contribution in [2.45, 2.75) is 13.5 Å². The SMILES string of the molecule is Cc1ccc(C(=Cc2ccc(N(c3ccccc3)c3ccc(CO)cc3)cc2)c2ccccc2)cc1.